The molecule has 25 heavy (non-hydrogen) atoms. The molecule has 3 rings (SSSR count). The highest BCUT2D eigenvalue weighted by atomic mass is 79.9. The number of hydrogen-bond acceptors (Lipinski definition) is 3. The van der Waals surface area contributed by atoms with Gasteiger partial charge in [-0.2, -0.15) is 0 Å². The Kier molecular flexibility index (Phi) is 5.92. The molecular formula is C20H20Br2N2O. The fraction of sp³-hybridized carbons (Fsp3) is 0.200. The molecule has 0 radical (unpaired) electrons. The van der Waals surface area contributed by atoms with Gasteiger partial charge in [-0.1, -0.05) is 80.4 Å². The van der Waals surface area contributed by atoms with Gasteiger partial charge in [0.2, 0.25) is 0 Å². The Hall–Kier alpha value is -1.24. The Morgan fingerprint density at radius 3 is 1.96 bits per heavy atom. The predicted molar refractivity (Wildman–Crippen MR) is 111 cm³/mol. The van der Waals surface area contributed by atoms with Crippen molar-refractivity contribution in [2.24, 2.45) is 11.5 Å². The van der Waals surface area contributed by atoms with Crippen LogP contribution in [0.15, 0.2) is 68.6 Å². The van der Waals surface area contributed by atoms with Gasteiger partial charge in [0.15, 0.2) is 0 Å². The molecule has 0 saturated heterocycles. The minimum Gasteiger partial charge on any atom is -0.391 e. The molecule has 1 aliphatic carbocycles. The summed E-state index contributed by atoms with van der Waals surface area (Å²) >= 11 is 7.10. The zero-order valence-electron chi connectivity index (χ0n) is 13.6. The van der Waals surface area contributed by atoms with Gasteiger partial charge in [-0.3, -0.25) is 0 Å². The summed E-state index contributed by atoms with van der Waals surface area (Å²) in [7, 11) is 0. The maximum atomic E-state index is 10.4. The van der Waals surface area contributed by atoms with Crippen molar-refractivity contribution in [3.8, 4) is 0 Å². The average molecular weight is 464 g/mol. The minimum atomic E-state index is -0.651. The molecule has 0 aromatic heterocycles. The number of benzene rings is 2. The third-order valence-electron chi connectivity index (χ3n) is 4.48. The molecular weight excluding hydrogens is 444 g/mol. The van der Waals surface area contributed by atoms with Crippen LogP contribution < -0.4 is 11.5 Å². The van der Waals surface area contributed by atoms with Crippen molar-refractivity contribution < 1.29 is 5.11 Å². The van der Waals surface area contributed by atoms with E-state index in [1.54, 1.807) is 0 Å². The average Bonchev–Trinajstić information content (AvgIpc) is 2.60. The van der Waals surface area contributed by atoms with Crippen LogP contribution >= 0.6 is 31.9 Å². The number of halogens is 2. The smallest absolute Gasteiger partial charge is 0.0768 e. The van der Waals surface area contributed by atoms with Crippen molar-refractivity contribution in [2.45, 2.75) is 24.6 Å². The monoisotopic (exact) mass is 462 g/mol. The Bertz CT molecular complexity index is 832. The van der Waals surface area contributed by atoms with E-state index < -0.39 is 12.1 Å². The van der Waals surface area contributed by atoms with Crippen molar-refractivity contribution in [3.63, 3.8) is 0 Å². The third kappa shape index (κ3) is 4.13. The molecule has 1 aliphatic rings. The summed E-state index contributed by atoms with van der Waals surface area (Å²) in [5, 5.41) is 10.4. The first-order chi connectivity index (χ1) is 12.0. The second kappa shape index (κ2) is 7.98. The summed E-state index contributed by atoms with van der Waals surface area (Å²) < 4.78 is 1.97. The van der Waals surface area contributed by atoms with Crippen LogP contribution in [-0.4, -0.2) is 23.3 Å². The molecule has 3 unspecified atom stereocenters. The molecule has 2 aromatic rings. The number of aliphatic hydroxyl groups excluding tert-OH is 1. The molecule has 0 heterocycles. The first-order valence-electron chi connectivity index (χ1n) is 8.07. The summed E-state index contributed by atoms with van der Waals surface area (Å²) in [5.74, 6) is 0. The standard InChI is InChI=1S/C20H20Br2N2O/c21-16-7-3-1-5-12(16)9-14-11-18(25)20(24)15(19(14)23)10-13-6-2-4-8-17(13)22/h1-10,18-20,25H,11,23-24H2/b14-9-,15-10-. The maximum absolute atomic E-state index is 10.4. The van der Waals surface area contributed by atoms with Crippen molar-refractivity contribution in [2.75, 3.05) is 0 Å². The van der Waals surface area contributed by atoms with E-state index in [9.17, 15) is 5.11 Å². The van der Waals surface area contributed by atoms with Crippen LogP contribution in [0.3, 0.4) is 0 Å². The van der Waals surface area contributed by atoms with E-state index in [1.165, 1.54) is 0 Å². The SMILES string of the molecule is NC1/C(=C\c2ccccc2Br)CC(O)C(N)/C1=C\c1ccccc1Br. The van der Waals surface area contributed by atoms with Crippen LogP contribution in [0.2, 0.25) is 0 Å². The highest BCUT2D eigenvalue weighted by molar-refractivity contribution is 9.10. The topological polar surface area (TPSA) is 72.3 Å². The third-order valence-corrected chi connectivity index (χ3v) is 5.92. The second-order valence-electron chi connectivity index (χ2n) is 6.18. The lowest BCUT2D eigenvalue weighted by Gasteiger charge is -2.34. The van der Waals surface area contributed by atoms with Crippen LogP contribution in [0, 0.1) is 0 Å². The van der Waals surface area contributed by atoms with Crippen LogP contribution in [0.4, 0.5) is 0 Å². The summed E-state index contributed by atoms with van der Waals surface area (Å²) in [6.45, 7) is 0. The Balaban J connectivity index is 2.01. The molecule has 0 amide bonds. The quantitative estimate of drug-likeness (QED) is 0.627. The van der Waals surface area contributed by atoms with Crippen LogP contribution in [0.1, 0.15) is 17.5 Å². The summed E-state index contributed by atoms with van der Waals surface area (Å²) in [6, 6.07) is 15.0. The minimum absolute atomic E-state index is 0.322. The normalized spacial score (nSPS) is 27.0. The zero-order valence-corrected chi connectivity index (χ0v) is 16.7. The molecule has 1 saturated carbocycles. The fourth-order valence-corrected chi connectivity index (χ4v) is 3.84. The lowest BCUT2D eigenvalue weighted by molar-refractivity contribution is 0.145. The van der Waals surface area contributed by atoms with Gasteiger partial charge in [0.1, 0.15) is 0 Å². The van der Waals surface area contributed by atoms with Gasteiger partial charge in [0, 0.05) is 15.0 Å². The molecule has 5 N–H and O–H groups in total. The molecule has 3 nitrogen and oxygen atoms in total. The van der Waals surface area contributed by atoms with E-state index in [0.717, 1.165) is 31.2 Å². The second-order valence-corrected chi connectivity index (χ2v) is 7.89. The molecule has 1 fully saturated rings. The summed E-state index contributed by atoms with van der Waals surface area (Å²) in [6.07, 6.45) is 3.84. The Morgan fingerprint density at radius 1 is 0.880 bits per heavy atom. The van der Waals surface area contributed by atoms with Crippen molar-refractivity contribution in [3.05, 3.63) is 79.7 Å². The van der Waals surface area contributed by atoms with Gasteiger partial charge < -0.3 is 16.6 Å². The lowest BCUT2D eigenvalue weighted by atomic mass is 9.79. The molecule has 0 bridgehead atoms. The highest BCUT2D eigenvalue weighted by Crippen LogP contribution is 2.32. The van der Waals surface area contributed by atoms with Crippen molar-refractivity contribution >= 4 is 44.0 Å². The first kappa shape index (κ1) is 18.5. The van der Waals surface area contributed by atoms with Crippen LogP contribution in [-0.2, 0) is 0 Å². The van der Waals surface area contributed by atoms with Gasteiger partial charge >= 0.3 is 0 Å². The lowest BCUT2D eigenvalue weighted by Crippen LogP contribution is -2.48. The maximum Gasteiger partial charge on any atom is 0.0768 e. The van der Waals surface area contributed by atoms with Crippen LogP contribution in [0.5, 0.6) is 0 Å². The Labute approximate surface area is 164 Å². The molecule has 5 heteroatoms. The first-order valence-corrected chi connectivity index (χ1v) is 9.66. The Morgan fingerprint density at radius 2 is 1.40 bits per heavy atom. The van der Waals surface area contributed by atoms with Crippen molar-refractivity contribution in [1.29, 1.82) is 0 Å². The van der Waals surface area contributed by atoms with Gasteiger partial charge in [-0.15, -0.1) is 0 Å². The molecule has 3 atom stereocenters. The number of aliphatic hydroxyl groups is 1. The number of hydrogen-bond donors (Lipinski definition) is 3. The molecule has 130 valence electrons. The van der Waals surface area contributed by atoms with E-state index in [4.69, 9.17) is 11.5 Å². The number of nitrogens with two attached hydrogens (primary N) is 2. The van der Waals surface area contributed by atoms with E-state index >= 15 is 0 Å². The number of rotatable bonds is 2. The molecule has 0 spiro atoms. The molecule has 2 aromatic carbocycles. The summed E-state index contributed by atoms with van der Waals surface area (Å²) in [4.78, 5) is 0. The summed E-state index contributed by atoms with van der Waals surface area (Å²) in [5.41, 5.74) is 16.6. The van der Waals surface area contributed by atoms with E-state index in [0.29, 0.717) is 6.42 Å². The predicted octanol–water partition coefficient (Wildman–Crippen LogP) is 4.10. The van der Waals surface area contributed by atoms with Crippen molar-refractivity contribution in [1.82, 2.24) is 0 Å². The van der Waals surface area contributed by atoms with Gasteiger partial charge in [-0.05, 0) is 40.8 Å². The van der Waals surface area contributed by atoms with E-state index in [2.05, 4.69) is 31.9 Å². The highest BCUT2D eigenvalue weighted by Gasteiger charge is 2.32. The van der Waals surface area contributed by atoms with Gasteiger partial charge in [0.05, 0.1) is 12.1 Å². The zero-order chi connectivity index (χ0) is 18.0. The van der Waals surface area contributed by atoms with Gasteiger partial charge in [-0.25, -0.2) is 0 Å². The fourth-order valence-electron chi connectivity index (χ4n) is 3.04. The largest absolute Gasteiger partial charge is 0.391 e. The van der Waals surface area contributed by atoms with Crippen LogP contribution in [0.25, 0.3) is 12.2 Å². The van der Waals surface area contributed by atoms with E-state index in [-0.39, 0.29) is 6.04 Å². The molecule has 0 aliphatic heterocycles. The van der Waals surface area contributed by atoms with Gasteiger partial charge in [0.25, 0.3) is 0 Å². The van der Waals surface area contributed by atoms with E-state index in [1.807, 2.05) is 60.7 Å².